The number of hydrogen-bond acceptors (Lipinski definition) is 3. The highest BCUT2D eigenvalue weighted by Gasteiger charge is 2.35. The molecule has 110 valence electrons. The van der Waals surface area contributed by atoms with Crippen LogP contribution in [0.1, 0.15) is 30.0 Å². The fourth-order valence-electron chi connectivity index (χ4n) is 2.80. The SMILES string of the molecule is COCCN1C(=O)CCC(N)C1c1ccc(F)cc1C. The third-order valence-electron chi connectivity index (χ3n) is 3.84. The molecule has 1 aliphatic rings. The molecule has 2 atom stereocenters. The van der Waals surface area contributed by atoms with E-state index in [0.717, 1.165) is 11.1 Å². The highest BCUT2D eigenvalue weighted by molar-refractivity contribution is 5.78. The number of likely N-dealkylation sites (tertiary alicyclic amines) is 1. The van der Waals surface area contributed by atoms with Crippen LogP contribution < -0.4 is 5.73 Å². The molecule has 2 rings (SSSR count). The van der Waals surface area contributed by atoms with Crippen LogP contribution in [0.3, 0.4) is 0 Å². The van der Waals surface area contributed by atoms with Crippen LogP contribution in [-0.2, 0) is 9.53 Å². The van der Waals surface area contributed by atoms with Gasteiger partial charge in [0.2, 0.25) is 5.91 Å². The maximum absolute atomic E-state index is 13.3. The molecule has 1 aromatic rings. The van der Waals surface area contributed by atoms with Crippen LogP contribution in [0.15, 0.2) is 18.2 Å². The first kappa shape index (κ1) is 14.9. The van der Waals surface area contributed by atoms with Crippen LogP contribution in [0.2, 0.25) is 0 Å². The molecule has 1 aliphatic heterocycles. The quantitative estimate of drug-likeness (QED) is 0.914. The van der Waals surface area contributed by atoms with E-state index in [9.17, 15) is 9.18 Å². The minimum atomic E-state index is -0.273. The summed E-state index contributed by atoms with van der Waals surface area (Å²) < 4.78 is 18.3. The van der Waals surface area contributed by atoms with Crippen LogP contribution in [0.25, 0.3) is 0 Å². The summed E-state index contributed by atoms with van der Waals surface area (Å²) in [5.41, 5.74) is 7.96. The zero-order chi connectivity index (χ0) is 14.7. The first-order chi connectivity index (χ1) is 9.54. The molecule has 0 aromatic heterocycles. The number of amides is 1. The van der Waals surface area contributed by atoms with Crippen LogP contribution in [0.4, 0.5) is 4.39 Å². The minimum Gasteiger partial charge on any atom is -0.383 e. The third-order valence-corrected chi connectivity index (χ3v) is 3.84. The van der Waals surface area contributed by atoms with Crippen LogP contribution >= 0.6 is 0 Å². The summed E-state index contributed by atoms with van der Waals surface area (Å²) in [6.07, 6.45) is 1.12. The smallest absolute Gasteiger partial charge is 0.223 e. The van der Waals surface area contributed by atoms with Gasteiger partial charge >= 0.3 is 0 Å². The summed E-state index contributed by atoms with van der Waals surface area (Å²) in [5.74, 6) is -0.192. The molecule has 1 saturated heterocycles. The largest absolute Gasteiger partial charge is 0.383 e. The zero-order valence-corrected chi connectivity index (χ0v) is 11.9. The van der Waals surface area contributed by atoms with Gasteiger partial charge in [-0.05, 0) is 36.6 Å². The standard InChI is InChI=1S/C15H21FN2O2/c1-10-9-11(16)3-4-12(10)15-13(17)5-6-14(19)18(15)7-8-20-2/h3-4,9,13,15H,5-8,17H2,1-2H3. The summed E-state index contributed by atoms with van der Waals surface area (Å²) in [4.78, 5) is 13.9. The van der Waals surface area contributed by atoms with Crippen molar-refractivity contribution in [2.75, 3.05) is 20.3 Å². The fourth-order valence-corrected chi connectivity index (χ4v) is 2.80. The first-order valence-electron chi connectivity index (χ1n) is 6.84. The second-order valence-corrected chi connectivity index (χ2v) is 5.23. The number of hydrogen-bond donors (Lipinski definition) is 1. The van der Waals surface area contributed by atoms with E-state index >= 15 is 0 Å². The van der Waals surface area contributed by atoms with Gasteiger partial charge < -0.3 is 15.4 Å². The number of benzene rings is 1. The van der Waals surface area contributed by atoms with Crippen LogP contribution in [-0.4, -0.2) is 37.1 Å². The van der Waals surface area contributed by atoms with Crippen molar-refractivity contribution in [2.45, 2.75) is 31.8 Å². The lowest BCUT2D eigenvalue weighted by atomic mass is 9.88. The molecule has 4 nitrogen and oxygen atoms in total. The molecular weight excluding hydrogens is 259 g/mol. The monoisotopic (exact) mass is 280 g/mol. The third kappa shape index (κ3) is 2.99. The van der Waals surface area contributed by atoms with E-state index in [-0.39, 0.29) is 23.8 Å². The molecule has 5 heteroatoms. The van der Waals surface area contributed by atoms with Gasteiger partial charge in [-0.2, -0.15) is 0 Å². The molecular formula is C15H21FN2O2. The zero-order valence-electron chi connectivity index (χ0n) is 11.9. The molecule has 0 spiro atoms. The summed E-state index contributed by atoms with van der Waals surface area (Å²) in [7, 11) is 1.60. The Morgan fingerprint density at radius 1 is 1.50 bits per heavy atom. The Labute approximate surface area is 118 Å². The topological polar surface area (TPSA) is 55.6 Å². The second-order valence-electron chi connectivity index (χ2n) is 5.23. The van der Waals surface area contributed by atoms with Gasteiger partial charge in [-0.3, -0.25) is 4.79 Å². The van der Waals surface area contributed by atoms with Crippen molar-refractivity contribution in [3.05, 3.63) is 35.1 Å². The predicted molar refractivity (Wildman–Crippen MR) is 74.7 cm³/mol. The van der Waals surface area contributed by atoms with Crippen molar-refractivity contribution in [1.82, 2.24) is 4.90 Å². The van der Waals surface area contributed by atoms with E-state index in [1.54, 1.807) is 18.1 Å². The Balaban J connectivity index is 2.34. The highest BCUT2D eigenvalue weighted by atomic mass is 19.1. The Morgan fingerprint density at radius 3 is 2.90 bits per heavy atom. The number of piperidine rings is 1. The van der Waals surface area contributed by atoms with Crippen molar-refractivity contribution < 1.29 is 13.9 Å². The number of methoxy groups -OCH3 is 1. The van der Waals surface area contributed by atoms with Gasteiger partial charge in [0.05, 0.1) is 12.6 Å². The highest BCUT2D eigenvalue weighted by Crippen LogP contribution is 2.32. The number of carbonyl (C=O) groups is 1. The fraction of sp³-hybridized carbons (Fsp3) is 0.533. The van der Waals surface area contributed by atoms with Crippen LogP contribution in [0.5, 0.6) is 0 Å². The van der Waals surface area contributed by atoms with Gasteiger partial charge in [-0.15, -0.1) is 0 Å². The van der Waals surface area contributed by atoms with E-state index in [1.165, 1.54) is 12.1 Å². The molecule has 2 N–H and O–H groups in total. The van der Waals surface area contributed by atoms with Crippen molar-refractivity contribution in [2.24, 2.45) is 5.73 Å². The number of ether oxygens (including phenoxy) is 1. The predicted octanol–water partition coefficient (Wildman–Crippen LogP) is 1.77. The molecule has 1 amide bonds. The molecule has 1 aromatic carbocycles. The van der Waals surface area contributed by atoms with Gasteiger partial charge in [-0.1, -0.05) is 6.07 Å². The van der Waals surface area contributed by atoms with Crippen molar-refractivity contribution >= 4 is 5.91 Å². The van der Waals surface area contributed by atoms with E-state index in [0.29, 0.717) is 26.0 Å². The number of halogens is 1. The van der Waals surface area contributed by atoms with Crippen molar-refractivity contribution in [3.8, 4) is 0 Å². The van der Waals surface area contributed by atoms with Gasteiger partial charge in [0, 0.05) is 26.1 Å². The molecule has 1 heterocycles. The lowest BCUT2D eigenvalue weighted by Crippen LogP contribution is -2.50. The maximum Gasteiger partial charge on any atom is 0.223 e. The summed E-state index contributed by atoms with van der Waals surface area (Å²) in [6.45, 7) is 2.82. The lowest BCUT2D eigenvalue weighted by molar-refractivity contribution is -0.138. The van der Waals surface area contributed by atoms with Crippen molar-refractivity contribution in [3.63, 3.8) is 0 Å². The van der Waals surface area contributed by atoms with Gasteiger partial charge in [-0.25, -0.2) is 4.39 Å². The Bertz CT molecular complexity index is 493. The number of nitrogens with two attached hydrogens (primary N) is 1. The number of rotatable bonds is 4. The number of nitrogens with zero attached hydrogens (tertiary/aromatic N) is 1. The Kier molecular flexibility index (Phi) is 4.73. The molecule has 2 unspecified atom stereocenters. The normalized spacial score (nSPS) is 23.2. The van der Waals surface area contributed by atoms with Crippen LogP contribution in [0, 0.1) is 12.7 Å². The maximum atomic E-state index is 13.3. The summed E-state index contributed by atoms with van der Waals surface area (Å²) in [6, 6.07) is 4.30. The van der Waals surface area contributed by atoms with Crippen molar-refractivity contribution in [1.29, 1.82) is 0 Å². The molecule has 1 fully saturated rings. The van der Waals surface area contributed by atoms with E-state index in [1.807, 2.05) is 6.92 Å². The van der Waals surface area contributed by atoms with Gasteiger partial charge in [0.15, 0.2) is 0 Å². The molecule has 0 aliphatic carbocycles. The Morgan fingerprint density at radius 2 is 2.25 bits per heavy atom. The van der Waals surface area contributed by atoms with E-state index < -0.39 is 0 Å². The molecule has 0 saturated carbocycles. The van der Waals surface area contributed by atoms with E-state index in [4.69, 9.17) is 10.5 Å². The molecule has 0 bridgehead atoms. The number of carbonyl (C=O) groups excluding carboxylic acids is 1. The summed E-state index contributed by atoms with van der Waals surface area (Å²) in [5, 5.41) is 0. The summed E-state index contributed by atoms with van der Waals surface area (Å²) >= 11 is 0. The van der Waals surface area contributed by atoms with Gasteiger partial charge in [0.25, 0.3) is 0 Å². The first-order valence-corrected chi connectivity index (χ1v) is 6.84. The van der Waals surface area contributed by atoms with E-state index in [2.05, 4.69) is 0 Å². The Hall–Kier alpha value is -1.46. The lowest BCUT2D eigenvalue weighted by Gasteiger charge is -2.40. The number of aryl methyl sites for hydroxylation is 1. The molecule has 0 radical (unpaired) electrons. The second kappa shape index (κ2) is 6.33. The minimum absolute atomic E-state index is 0.0810. The molecule has 20 heavy (non-hydrogen) atoms. The average Bonchev–Trinajstić information content (AvgIpc) is 2.41. The average molecular weight is 280 g/mol. The van der Waals surface area contributed by atoms with Gasteiger partial charge in [0.1, 0.15) is 5.82 Å².